The minimum absolute atomic E-state index is 0.250. The predicted molar refractivity (Wildman–Crippen MR) is 119 cm³/mol. The van der Waals surface area contributed by atoms with E-state index in [-0.39, 0.29) is 6.61 Å². The summed E-state index contributed by atoms with van der Waals surface area (Å²) in [5, 5.41) is 20.8. The van der Waals surface area contributed by atoms with Crippen LogP contribution in [0.15, 0.2) is 91.0 Å². The largest absolute Gasteiger partial charge is 0.550 e. The second kappa shape index (κ2) is 12.8. The molecule has 0 aromatic heterocycles. The smallest absolute Gasteiger partial charge is 0.111 e. The maximum absolute atomic E-state index is 8.89. The van der Waals surface area contributed by atoms with Crippen molar-refractivity contribution in [2.24, 2.45) is 0 Å². The van der Waals surface area contributed by atoms with E-state index >= 15 is 0 Å². The maximum Gasteiger partial charge on any atom is 0.111 e. The van der Waals surface area contributed by atoms with Crippen LogP contribution in [0, 0.1) is 0 Å². The molecule has 0 fully saturated rings. The van der Waals surface area contributed by atoms with Gasteiger partial charge in [-0.3, -0.25) is 0 Å². The van der Waals surface area contributed by atoms with Gasteiger partial charge in [0.25, 0.3) is 0 Å². The third-order valence-corrected chi connectivity index (χ3v) is 8.55. The first-order valence-electron chi connectivity index (χ1n) is 9.36. The number of rotatable bonds is 4. The second-order valence-corrected chi connectivity index (χ2v) is 9.74. The summed E-state index contributed by atoms with van der Waals surface area (Å²) in [7, 11) is -1.53. The summed E-state index contributed by atoms with van der Waals surface area (Å²) in [5.41, 5.74) is 0. The van der Waals surface area contributed by atoms with E-state index in [9.17, 15) is 0 Å². The Kier molecular flexibility index (Phi) is 10.8. The average Bonchev–Trinajstić information content (AvgIpc) is 2.72. The number of hydrogen-bond donors (Lipinski definition) is 1. The zero-order valence-electron chi connectivity index (χ0n) is 16.8. The van der Waals surface area contributed by atoms with Crippen LogP contribution in [0.2, 0.25) is 0 Å². The third-order valence-electron chi connectivity index (χ3n) is 4.07. The van der Waals surface area contributed by atoms with Gasteiger partial charge in [-0.2, -0.15) is 0 Å². The number of hydrogen-bond acceptors (Lipinski definition) is 3. The van der Waals surface area contributed by atoms with Crippen molar-refractivity contribution in [3.05, 3.63) is 91.0 Å². The molecule has 0 heterocycles. The van der Waals surface area contributed by atoms with Gasteiger partial charge in [0, 0.05) is 12.6 Å². The van der Waals surface area contributed by atoms with Crippen LogP contribution in [-0.2, 0) is 4.79 Å². The maximum atomic E-state index is 8.89. The number of carboxylic acid groups (broad SMARTS) is 1. The van der Waals surface area contributed by atoms with Gasteiger partial charge < -0.3 is 15.0 Å². The number of benzene rings is 3. The first kappa shape index (κ1) is 23.6. The molecule has 0 aliphatic carbocycles. The molecule has 0 radical (unpaired) electrons. The molecule has 0 unspecified atom stereocenters. The number of carbonyl (C=O) groups is 1. The SMILES string of the molecule is CC(=O)[O-].CCO.CC[P+](c1ccccc1)(c1ccccc1)c1ccccc1. The molecule has 148 valence electrons. The Morgan fingerprint density at radius 3 is 1.14 bits per heavy atom. The fourth-order valence-corrected chi connectivity index (χ4v) is 7.08. The lowest BCUT2D eigenvalue weighted by atomic mass is 10.4. The normalized spacial score (nSPS) is 10.0. The first-order chi connectivity index (χ1) is 13.5. The van der Waals surface area contributed by atoms with Gasteiger partial charge in [-0.15, -0.1) is 0 Å². The Morgan fingerprint density at radius 1 is 0.750 bits per heavy atom. The summed E-state index contributed by atoms with van der Waals surface area (Å²) in [4.78, 5) is 8.89. The standard InChI is InChI=1S/C20H20P.C2H4O2.C2H6O/c1-2-21(18-12-6-3-7-13-18,19-14-8-4-9-15-19)20-16-10-5-11-17-20;1-2(3)4;1-2-3/h3-17H,2H2,1H3;1H3,(H,3,4);3H,2H2,1H3/q+1;;/p-1. The molecular weight excluding hydrogens is 367 g/mol. The van der Waals surface area contributed by atoms with E-state index in [0.717, 1.165) is 13.1 Å². The van der Waals surface area contributed by atoms with E-state index in [4.69, 9.17) is 15.0 Å². The molecule has 3 rings (SSSR count). The average molecular weight is 396 g/mol. The fraction of sp³-hybridized carbons (Fsp3) is 0.208. The van der Waals surface area contributed by atoms with Gasteiger partial charge in [0.05, 0.1) is 6.16 Å². The molecule has 28 heavy (non-hydrogen) atoms. The number of aliphatic hydroxyl groups is 1. The highest BCUT2D eigenvalue weighted by Crippen LogP contribution is 2.54. The van der Waals surface area contributed by atoms with Gasteiger partial charge in [-0.05, 0) is 57.2 Å². The lowest BCUT2D eigenvalue weighted by molar-refractivity contribution is -0.302. The van der Waals surface area contributed by atoms with Crippen molar-refractivity contribution in [3.63, 3.8) is 0 Å². The highest BCUT2D eigenvalue weighted by molar-refractivity contribution is 7.95. The van der Waals surface area contributed by atoms with Gasteiger partial charge in [-0.1, -0.05) is 54.6 Å². The molecule has 3 aromatic rings. The minimum Gasteiger partial charge on any atom is -0.550 e. The van der Waals surface area contributed by atoms with Crippen LogP contribution in [0.25, 0.3) is 0 Å². The van der Waals surface area contributed by atoms with Crippen LogP contribution < -0.4 is 21.0 Å². The van der Waals surface area contributed by atoms with Gasteiger partial charge in [0.1, 0.15) is 23.2 Å². The molecule has 4 heteroatoms. The molecule has 1 N–H and O–H groups in total. The predicted octanol–water partition coefficient (Wildman–Crippen LogP) is 2.76. The Morgan fingerprint density at radius 2 is 0.964 bits per heavy atom. The molecule has 0 atom stereocenters. The molecule has 0 amide bonds. The molecule has 0 aliphatic heterocycles. The summed E-state index contributed by atoms with van der Waals surface area (Å²) in [6.45, 7) is 5.22. The molecule has 0 spiro atoms. The zero-order valence-corrected chi connectivity index (χ0v) is 17.7. The Labute approximate surface area is 169 Å². The van der Waals surface area contributed by atoms with Crippen molar-refractivity contribution in [1.82, 2.24) is 0 Å². The first-order valence-corrected chi connectivity index (χ1v) is 11.3. The molecule has 3 nitrogen and oxygen atoms in total. The van der Waals surface area contributed by atoms with Gasteiger partial charge in [0.15, 0.2) is 0 Å². The van der Waals surface area contributed by atoms with Gasteiger partial charge in [-0.25, -0.2) is 0 Å². The summed E-state index contributed by atoms with van der Waals surface area (Å²) < 4.78 is 0. The van der Waals surface area contributed by atoms with E-state index in [1.165, 1.54) is 15.9 Å². The van der Waals surface area contributed by atoms with Crippen molar-refractivity contribution < 1.29 is 15.0 Å². The Balaban J connectivity index is 0.000000489. The van der Waals surface area contributed by atoms with Crippen molar-refractivity contribution in [1.29, 1.82) is 0 Å². The minimum atomic E-state index is -1.53. The van der Waals surface area contributed by atoms with Gasteiger partial charge >= 0.3 is 0 Å². The number of aliphatic carboxylic acids is 1. The van der Waals surface area contributed by atoms with Crippen molar-refractivity contribution in [2.75, 3.05) is 12.8 Å². The summed E-state index contributed by atoms with van der Waals surface area (Å²) >= 11 is 0. The quantitative estimate of drug-likeness (QED) is 0.690. The highest BCUT2D eigenvalue weighted by Gasteiger charge is 2.43. The van der Waals surface area contributed by atoms with Crippen LogP contribution in [0.3, 0.4) is 0 Å². The van der Waals surface area contributed by atoms with Crippen LogP contribution in [0.1, 0.15) is 20.8 Å². The Bertz CT molecular complexity index is 689. The zero-order chi connectivity index (χ0) is 20.8. The molecule has 0 aliphatic rings. The highest BCUT2D eigenvalue weighted by atomic mass is 31.2. The van der Waals surface area contributed by atoms with Crippen LogP contribution >= 0.6 is 7.26 Å². The topological polar surface area (TPSA) is 60.4 Å². The second-order valence-electron chi connectivity index (χ2n) is 5.94. The molecule has 0 bridgehead atoms. The summed E-state index contributed by atoms with van der Waals surface area (Å²) in [5.74, 6) is -1.08. The lowest BCUT2D eigenvalue weighted by Gasteiger charge is -2.26. The van der Waals surface area contributed by atoms with Gasteiger partial charge in [0.2, 0.25) is 0 Å². The van der Waals surface area contributed by atoms with E-state index in [1.807, 2.05) is 0 Å². The van der Waals surface area contributed by atoms with Crippen molar-refractivity contribution in [2.45, 2.75) is 20.8 Å². The molecule has 0 saturated carbocycles. The van der Waals surface area contributed by atoms with Crippen LogP contribution in [0.5, 0.6) is 0 Å². The van der Waals surface area contributed by atoms with E-state index in [0.29, 0.717) is 0 Å². The number of carbonyl (C=O) groups excluding carboxylic acids is 1. The Hall–Kier alpha value is -2.48. The van der Waals surface area contributed by atoms with E-state index in [2.05, 4.69) is 97.9 Å². The van der Waals surface area contributed by atoms with Crippen LogP contribution in [-0.4, -0.2) is 23.8 Å². The summed E-state index contributed by atoms with van der Waals surface area (Å²) in [6, 6.07) is 33.0. The van der Waals surface area contributed by atoms with Crippen molar-refractivity contribution in [3.8, 4) is 0 Å². The monoisotopic (exact) mass is 396 g/mol. The number of aliphatic hydroxyl groups excluding tert-OH is 1. The lowest BCUT2D eigenvalue weighted by Crippen LogP contribution is -2.32. The fourth-order valence-electron chi connectivity index (χ4n) is 3.04. The van der Waals surface area contributed by atoms with E-state index < -0.39 is 13.2 Å². The van der Waals surface area contributed by atoms with E-state index in [1.54, 1.807) is 6.92 Å². The number of carboxylic acids is 1. The third kappa shape index (κ3) is 6.60. The summed E-state index contributed by atoms with van der Waals surface area (Å²) in [6.07, 6.45) is 1.14. The molecular formula is C24H29O3P. The van der Waals surface area contributed by atoms with Crippen molar-refractivity contribution >= 4 is 29.1 Å². The molecule has 3 aromatic carbocycles. The molecule has 0 saturated heterocycles. The van der Waals surface area contributed by atoms with Crippen LogP contribution in [0.4, 0.5) is 0 Å².